The average Bonchev–Trinajstić information content (AvgIpc) is 2.81. The summed E-state index contributed by atoms with van der Waals surface area (Å²) in [5.41, 5.74) is 0.953. The molecular formula is C21H31NO4. The first kappa shape index (κ1) is 20.5. The lowest BCUT2D eigenvalue weighted by molar-refractivity contribution is -0.0610. The van der Waals surface area contributed by atoms with E-state index in [0.29, 0.717) is 19.8 Å². The minimum atomic E-state index is -0.700. The molecule has 0 unspecified atom stereocenters. The van der Waals surface area contributed by atoms with Crippen molar-refractivity contribution in [3.8, 4) is 0 Å². The summed E-state index contributed by atoms with van der Waals surface area (Å²) in [6.45, 7) is 12.9. The first-order valence-electron chi connectivity index (χ1n) is 9.04. The highest BCUT2D eigenvalue weighted by molar-refractivity contribution is 5.70. The van der Waals surface area contributed by atoms with Gasteiger partial charge in [-0.1, -0.05) is 36.4 Å². The van der Waals surface area contributed by atoms with Crippen molar-refractivity contribution >= 4 is 6.09 Å². The number of carbonyl (C=O) groups is 1. The summed E-state index contributed by atoms with van der Waals surface area (Å²) in [6, 6.07) is 9.89. The van der Waals surface area contributed by atoms with E-state index in [1.807, 2.05) is 78.0 Å². The Kier molecular flexibility index (Phi) is 6.48. The van der Waals surface area contributed by atoms with Crippen LogP contribution in [0.15, 0.2) is 42.0 Å². The van der Waals surface area contributed by atoms with Gasteiger partial charge in [0.2, 0.25) is 0 Å². The zero-order valence-corrected chi connectivity index (χ0v) is 16.7. The lowest BCUT2D eigenvalue weighted by Crippen LogP contribution is -2.49. The number of rotatable bonds is 5. The Balaban J connectivity index is 1.98. The summed E-state index contributed by atoms with van der Waals surface area (Å²) in [7, 11) is 0. The highest BCUT2D eigenvalue weighted by atomic mass is 16.6. The van der Waals surface area contributed by atoms with Crippen LogP contribution in [-0.4, -0.2) is 41.6 Å². The van der Waals surface area contributed by atoms with E-state index >= 15 is 0 Å². The molecule has 1 fully saturated rings. The van der Waals surface area contributed by atoms with Crippen LogP contribution in [0.5, 0.6) is 0 Å². The van der Waals surface area contributed by atoms with Gasteiger partial charge in [0.05, 0.1) is 25.9 Å². The van der Waals surface area contributed by atoms with E-state index in [0.717, 1.165) is 11.1 Å². The van der Waals surface area contributed by atoms with Crippen LogP contribution in [0, 0.1) is 0 Å². The van der Waals surface area contributed by atoms with E-state index in [-0.39, 0.29) is 12.1 Å². The first-order valence-corrected chi connectivity index (χ1v) is 9.04. The van der Waals surface area contributed by atoms with Crippen molar-refractivity contribution in [3.63, 3.8) is 0 Å². The van der Waals surface area contributed by atoms with Crippen LogP contribution in [0.25, 0.3) is 0 Å². The molecule has 26 heavy (non-hydrogen) atoms. The Morgan fingerprint density at radius 3 is 2.58 bits per heavy atom. The van der Waals surface area contributed by atoms with Crippen LogP contribution in [0.1, 0.15) is 47.1 Å². The van der Waals surface area contributed by atoms with Gasteiger partial charge in [0.25, 0.3) is 0 Å². The number of hydrogen-bond acceptors (Lipinski definition) is 4. The van der Waals surface area contributed by atoms with E-state index in [1.54, 1.807) is 4.90 Å². The molecule has 1 aliphatic rings. The average molecular weight is 361 g/mol. The van der Waals surface area contributed by atoms with E-state index in [4.69, 9.17) is 14.2 Å². The smallest absolute Gasteiger partial charge is 0.413 e. The molecule has 0 spiro atoms. The summed E-state index contributed by atoms with van der Waals surface area (Å²) < 4.78 is 17.1. The maximum Gasteiger partial charge on any atom is 0.413 e. The summed E-state index contributed by atoms with van der Waals surface area (Å²) in [4.78, 5) is 14.3. The minimum absolute atomic E-state index is 0.167. The number of ether oxygens (including phenoxy) is 3. The fourth-order valence-electron chi connectivity index (χ4n) is 2.90. The van der Waals surface area contributed by atoms with Gasteiger partial charge in [-0.25, -0.2) is 4.79 Å². The molecule has 0 saturated carbocycles. The van der Waals surface area contributed by atoms with Crippen molar-refractivity contribution < 1.29 is 19.0 Å². The van der Waals surface area contributed by atoms with Crippen molar-refractivity contribution in [3.05, 3.63) is 47.5 Å². The van der Waals surface area contributed by atoms with Crippen molar-refractivity contribution in [2.75, 3.05) is 13.2 Å². The van der Waals surface area contributed by atoms with Crippen LogP contribution in [0.2, 0.25) is 0 Å². The quantitative estimate of drug-likeness (QED) is 0.724. The first-order chi connectivity index (χ1) is 12.1. The van der Waals surface area contributed by atoms with Crippen LogP contribution >= 0.6 is 0 Å². The highest BCUT2D eigenvalue weighted by Crippen LogP contribution is 2.30. The number of hydrogen-bond donors (Lipinski definition) is 0. The SMILES string of the molecule is CC(=C[C@@H]1COC(C)(C)N1C(=O)OC(C)(C)C)COCc1ccccc1. The van der Waals surface area contributed by atoms with Crippen molar-refractivity contribution in [1.82, 2.24) is 4.90 Å². The molecule has 1 amide bonds. The predicted molar refractivity (Wildman–Crippen MR) is 102 cm³/mol. The lowest BCUT2D eigenvalue weighted by Gasteiger charge is -2.34. The van der Waals surface area contributed by atoms with Crippen molar-refractivity contribution in [1.29, 1.82) is 0 Å². The van der Waals surface area contributed by atoms with Gasteiger partial charge < -0.3 is 14.2 Å². The summed E-state index contributed by atoms with van der Waals surface area (Å²) in [5, 5.41) is 0. The Bertz CT molecular complexity index is 631. The molecular weight excluding hydrogens is 330 g/mol. The third kappa shape index (κ3) is 5.85. The number of carbonyl (C=O) groups excluding carboxylic acids is 1. The van der Waals surface area contributed by atoms with Gasteiger partial charge >= 0.3 is 6.09 Å². The van der Waals surface area contributed by atoms with E-state index < -0.39 is 11.3 Å². The molecule has 1 aromatic carbocycles. The number of benzene rings is 1. The molecule has 1 aromatic rings. The van der Waals surface area contributed by atoms with Gasteiger partial charge in [-0.15, -0.1) is 0 Å². The summed E-state index contributed by atoms with van der Waals surface area (Å²) in [5.74, 6) is 0. The fraction of sp³-hybridized carbons (Fsp3) is 0.571. The molecule has 0 aromatic heterocycles. The molecule has 5 nitrogen and oxygen atoms in total. The van der Waals surface area contributed by atoms with Gasteiger partial charge in [-0.2, -0.15) is 0 Å². The Labute approximate surface area is 156 Å². The maximum atomic E-state index is 12.6. The van der Waals surface area contributed by atoms with E-state index in [9.17, 15) is 4.79 Å². The molecule has 0 radical (unpaired) electrons. The molecule has 2 rings (SSSR count). The third-order valence-electron chi connectivity index (χ3n) is 4.03. The normalized spacial score (nSPS) is 20.3. The monoisotopic (exact) mass is 361 g/mol. The van der Waals surface area contributed by atoms with Crippen LogP contribution in [0.3, 0.4) is 0 Å². The molecule has 5 heteroatoms. The standard InChI is InChI=1S/C21H31NO4/c1-16(13-24-14-17-10-8-7-9-11-17)12-18-15-25-21(5,6)22(18)19(23)26-20(2,3)4/h7-12,18H,13-15H2,1-6H3/t18-/m1/s1. The second-order valence-corrected chi connectivity index (χ2v) is 8.17. The zero-order valence-electron chi connectivity index (χ0n) is 16.7. The van der Waals surface area contributed by atoms with Gasteiger partial charge in [0.1, 0.15) is 11.3 Å². The Hall–Kier alpha value is -1.85. The van der Waals surface area contributed by atoms with Crippen LogP contribution in [-0.2, 0) is 20.8 Å². The lowest BCUT2D eigenvalue weighted by atomic mass is 10.1. The predicted octanol–water partition coefficient (Wildman–Crippen LogP) is 4.52. The van der Waals surface area contributed by atoms with E-state index in [2.05, 4.69) is 0 Å². The molecule has 1 aliphatic heterocycles. The second kappa shape index (κ2) is 8.23. The fourth-order valence-corrected chi connectivity index (χ4v) is 2.90. The number of amides is 1. The van der Waals surface area contributed by atoms with Crippen LogP contribution < -0.4 is 0 Å². The van der Waals surface area contributed by atoms with Crippen molar-refractivity contribution in [2.45, 2.75) is 65.5 Å². The van der Waals surface area contributed by atoms with Gasteiger partial charge in [0.15, 0.2) is 0 Å². The molecule has 1 heterocycles. The maximum absolute atomic E-state index is 12.6. The molecule has 0 bridgehead atoms. The highest BCUT2D eigenvalue weighted by Gasteiger charge is 2.44. The molecule has 1 atom stereocenters. The largest absolute Gasteiger partial charge is 0.444 e. The molecule has 144 valence electrons. The minimum Gasteiger partial charge on any atom is -0.444 e. The van der Waals surface area contributed by atoms with Gasteiger partial charge in [-0.05, 0) is 52.7 Å². The summed E-state index contributed by atoms with van der Waals surface area (Å²) >= 11 is 0. The summed E-state index contributed by atoms with van der Waals surface area (Å²) in [6.07, 6.45) is 1.67. The van der Waals surface area contributed by atoms with Gasteiger partial charge in [0, 0.05) is 0 Å². The van der Waals surface area contributed by atoms with Crippen LogP contribution in [0.4, 0.5) is 4.79 Å². The Morgan fingerprint density at radius 2 is 1.96 bits per heavy atom. The van der Waals surface area contributed by atoms with Crippen molar-refractivity contribution in [2.24, 2.45) is 0 Å². The molecule has 0 aliphatic carbocycles. The topological polar surface area (TPSA) is 48.0 Å². The Morgan fingerprint density at radius 1 is 1.31 bits per heavy atom. The van der Waals surface area contributed by atoms with E-state index in [1.165, 1.54) is 0 Å². The second-order valence-electron chi connectivity index (χ2n) is 8.17. The number of nitrogens with zero attached hydrogens (tertiary/aromatic N) is 1. The molecule has 0 N–H and O–H groups in total. The van der Waals surface area contributed by atoms with Gasteiger partial charge in [-0.3, -0.25) is 4.90 Å². The third-order valence-corrected chi connectivity index (χ3v) is 4.03. The zero-order chi connectivity index (χ0) is 19.4. The molecule has 1 saturated heterocycles.